The van der Waals surface area contributed by atoms with E-state index in [0.29, 0.717) is 13.2 Å². The molecular formula is C43H79NO4. The van der Waals surface area contributed by atoms with Gasteiger partial charge in [0.1, 0.15) is 12.7 Å². The van der Waals surface area contributed by atoms with Crippen LogP contribution in [0.25, 0.3) is 0 Å². The second kappa shape index (κ2) is 39.7. The first kappa shape index (κ1) is 46.3. The van der Waals surface area contributed by atoms with Gasteiger partial charge in [-0.3, -0.25) is 9.69 Å². The fraction of sp³-hybridized carbons (Fsp3) is 0.791. The number of rotatable bonds is 37. The molecule has 0 radical (unpaired) electrons. The maximum atomic E-state index is 12.1. The molecule has 48 heavy (non-hydrogen) atoms. The molecule has 1 atom stereocenters. The number of esters is 1. The van der Waals surface area contributed by atoms with E-state index < -0.39 is 0 Å². The summed E-state index contributed by atoms with van der Waals surface area (Å²) in [7, 11) is 3.74. The average Bonchev–Trinajstić information content (AvgIpc) is 3.07. The van der Waals surface area contributed by atoms with Crippen molar-refractivity contribution in [3.05, 3.63) is 48.6 Å². The molecule has 0 amide bonds. The van der Waals surface area contributed by atoms with E-state index in [9.17, 15) is 4.79 Å². The number of unbranched alkanes of at least 4 members (excludes halogenated alkanes) is 18. The van der Waals surface area contributed by atoms with Gasteiger partial charge in [0, 0.05) is 13.2 Å². The lowest BCUT2D eigenvalue weighted by Crippen LogP contribution is -2.31. The Morgan fingerprint density at radius 1 is 0.521 bits per heavy atom. The van der Waals surface area contributed by atoms with Gasteiger partial charge in [0.25, 0.3) is 0 Å². The van der Waals surface area contributed by atoms with Gasteiger partial charge in [-0.05, 0) is 91.1 Å². The highest BCUT2D eigenvalue weighted by atomic mass is 16.6. The van der Waals surface area contributed by atoms with Crippen molar-refractivity contribution < 1.29 is 19.0 Å². The highest BCUT2D eigenvalue weighted by molar-refractivity contribution is 5.71. The summed E-state index contributed by atoms with van der Waals surface area (Å²) in [4.78, 5) is 13.9. The molecule has 0 saturated heterocycles. The first-order valence-electron chi connectivity index (χ1n) is 20.2. The molecule has 0 N–H and O–H groups in total. The minimum atomic E-state index is -0.215. The molecule has 5 heteroatoms. The SMILES string of the molecule is CCCCC/C=C\C/C=C\CCCCCCCCOCC(COC(=O)CN(C)C)OCCCCCCCC/C=C\C/C=C\CCCCC. The zero-order chi connectivity index (χ0) is 35.0. The van der Waals surface area contributed by atoms with Crippen molar-refractivity contribution in [1.82, 2.24) is 4.90 Å². The van der Waals surface area contributed by atoms with E-state index in [2.05, 4.69) is 62.5 Å². The number of allylic oxidation sites excluding steroid dienone is 8. The van der Waals surface area contributed by atoms with Gasteiger partial charge in [0.05, 0.1) is 13.2 Å². The van der Waals surface area contributed by atoms with Crippen LogP contribution in [0.3, 0.4) is 0 Å². The summed E-state index contributed by atoms with van der Waals surface area (Å²) in [6.45, 7) is 6.97. The van der Waals surface area contributed by atoms with E-state index in [0.717, 1.165) is 32.3 Å². The Balaban J connectivity index is 3.89. The molecule has 0 aromatic rings. The van der Waals surface area contributed by atoms with E-state index in [1.807, 2.05) is 19.0 Å². The van der Waals surface area contributed by atoms with Crippen LogP contribution < -0.4 is 0 Å². The summed E-state index contributed by atoms with van der Waals surface area (Å²) in [6, 6.07) is 0. The summed E-state index contributed by atoms with van der Waals surface area (Å²) < 4.78 is 17.6. The Bertz CT molecular complexity index is 773. The first-order chi connectivity index (χ1) is 23.6. The number of nitrogens with zero attached hydrogens (tertiary/aromatic N) is 1. The number of ether oxygens (including phenoxy) is 3. The Kier molecular flexibility index (Phi) is 38.3. The highest BCUT2D eigenvalue weighted by Crippen LogP contribution is 2.11. The van der Waals surface area contributed by atoms with Gasteiger partial charge in [-0.1, -0.05) is 140 Å². The van der Waals surface area contributed by atoms with E-state index in [4.69, 9.17) is 14.2 Å². The standard InChI is InChI=1S/C43H79NO4/c1-5-7-9-11-13-15-17-19-21-23-25-27-29-31-33-35-37-46-40-42(41-48-43(45)39-44(3)4)47-38-36-34-32-30-28-26-24-22-20-18-16-14-12-10-8-6-2/h13-16,19-22,42H,5-12,17-18,23-41H2,1-4H3/b15-13-,16-14-,21-19-,22-20-. The minimum absolute atomic E-state index is 0.196. The molecule has 0 aromatic heterocycles. The fourth-order valence-electron chi connectivity index (χ4n) is 5.38. The molecule has 280 valence electrons. The average molecular weight is 674 g/mol. The van der Waals surface area contributed by atoms with Gasteiger partial charge in [0.2, 0.25) is 0 Å². The van der Waals surface area contributed by atoms with Crippen molar-refractivity contribution in [3.63, 3.8) is 0 Å². The monoisotopic (exact) mass is 674 g/mol. The molecule has 1 unspecified atom stereocenters. The zero-order valence-electron chi connectivity index (χ0n) is 32.3. The lowest BCUT2D eigenvalue weighted by atomic mass is 10.1. The van der Waals surface area contributed by atoms with Crippen LogP contribution in [-0.4, -0.2) is 64.0 Å². The lowest BCUT2D eigenvalue weighted by Gasteiger charge is -2.19. The predicted octanol–water partition coefficient (Wildman–Crippen LogP) is 12.1. The van der Waals surface area contributed by atoms with Crippen molar-refractivity contribution >= 4 is 5.97 Å². The Labute approximate surface area is 299 Å². The van der Waals surface area contributed by atoms with E-state index in [-0.39, 0.29) is 25.2 Å². The van der Waals surface area contributed by atoms with Crippen LogP contribution in [-0.2, 0) is 19.0 Å². The molecule has 5 nitrogen and oxygen atoms in total. The first-order valence-corrected chi connectivity index (χ1v) is 20.2. The maximum absolute atomic E-state index is 12.1. The molecule has 0 aliphatic rings. The number of carbonyl (C=O) groups is 1. The number of carbonyl (C=O) groups excluding carboxylic acids is 1. The molecule has 0 aliphatic heterocycles. The molecule has 0 aliphatic carbocycles. The third-order valence-electron chi connectivity index (χ3n) is 8.37. The molecule has 0 rings (SSSR count). The van der Waals surface area contributed by atoms with Gasteiger partial charge in [-0.25, -0.2) is 0 Å². The minimum Gasteiger partial charge on any atom is -0.462 e. The van der Waals surface area contributed by atoms with Crippen LogP contribution in [0.2, 0.25) is 0 Å². The molecule has 0 saturated carbocycles. The summed E-state index contributed by atoms with van der Waals surface area (Å²) >= 11 is 0. The molecular weight excluding hydrogens is 594 g/mol. The van der Waals surface area contributed by atoms with Gasteiger partial charge < -0.3 is 14.2 Å². The second-order valence-corrected chi connectivity index (χ2v) is 13.7. The Morgan fingerprint density at radius 3 is 1.40 bits per heavy atom. The van der Waals surface area contributed by atoms with Crippen LogP contribution in [0.1, 0.15) is 168 Å². The van der Waals surface area contributed by atoms with Crippen LogP contribution in [0.4, 0.5) is 0 Å². The predicted molar refractivity (Wildman–Crippen MR) is 209 cm³/mol. The van der Waals surface area contributed by atoms with Crippen molar-refractivity contribution in [2.75, 3.05) is 47.1 Å². The number of likely N-dealkylation sites (N-methyl/N-ethyl adjacent to an activating group) is 1. The van der Waals surface area contributed by atoms with Gasteiger partial charge in [0.15, 0.2) is 0 Å². The van der Waals surface area contributed by atoms with Gasteiger partial charge >= 0.3 is 5.97 Å². The lowest BCUT2D eigenvalue weighted by molar-refractivity contribution is -0.150. The summed E-state index contributed by atoms with van der Waals surface area (Å²) in [5, 5.41) is 0. The van der Waals surface area contributed by atoms with E-state index in [1.54, 1.807) is 0 Å². The second-order valence-electron chi connectivity index (χ2n) is 13.7. The topological polar surface area (TPSA) is 48.0 Å². The summed E-state index contributed by atoms with van der Waals surface area (Å²) in [5.41, 5.74) is 0. The normalized spacial score (nSPS) is 12.9. The molecule has 0 heterocycles. The van der Waals surface area contributed by atoms with Crippen LogP contribution in [0.15, 0.2) is 48.6 Å². The molecule has 0 bridgehead atoms. The van der Waals surface area contributed by atoms with Gasteiger partial charge in [-0.2, -0.15) is 0 Å². The van der Waals surface area contributed by atoms with E-state index in [1.165, 1.54) is 128 Å². The summed E-state index contributed by atoms with van der Waals surface area (Å²) in [5.74, 6) is -0.215. The van der Waals surface area contributed by atoms with Crippen LogP contribution in [0, 0.1) is 0 Å². The van der Waals surface area contributed by atoms with Crippen molar-refractivity contribution in [1.29, 1.82) is 0 Å². The van der Waals surface area contributed by atoms with Crippen molar-refractivity contribution in [2.45, 2.75) is 174 Å². The zero-order valence-corrected chi connectivity index (χ0v) is 32.3. The van der Waals surface area contributed by atoms with Crippen LogP contribution in [0.5, 0.6) is 0 Å². The summed E-state index contributed by atoms with van der Waals surface area (Å²) in [6.07, 6.45) is 48.1. The molecule has 0 aromatic carbocycles. The van der Waals surface area contributed by atoms with Gasteiger partial charge in [-0.15, -0.1) is 0 Å². The quantitative estimate of drug-likeness (QED) is 0.0373. The van der Waals surface area contributed by atoms with Crippen molar-refractivity contribution in [2.24, 2.45) is 0 Å². The third-order valence-corrected chi connectivity index (χ3v) is 8.37. The number of hydrogen-bond acceptors (Lipinski definition) is 5. The maximum Gasteiger partial charge on any atom is 0.320 e. The third kappa shape index (κ3) is 38.8. The van der Waals surface area contributed by atoms with Crippen LogP contribution >= 0.6 is 0 Å². The Hall–Kier alpha value is -1.69. The Morgan fingerprint density at radius 2 is 0.938 bits per heavy atom. The smallest absolute Gasteiger partial charge is 0.320 e. The fourth-order valence-corrected chi connectivity index (χ4v) is 5.38. The van der Waals surface area contributed by atoms with Crippen molar-refractivity contribution in [3.8, 4) is 0 Å². The number of hydrogen-bond donors (Lipinski definition) is 0. The van der Waals surface area contributed by atoms with E-state index >= 15 is 0 Å². The molecule has 0 spiro atoms. The molecule has 0 fully saturated rings. The largest absolute Gasteiger partial charge is 0.462 e. The highest BCUT2D eigenvalue weighted by Gasteiger charge is 2.14.